The number of hydrogen-bond acceptors (Lipinski definition) is 3. The summed E-state index contributed by atoms with van der Waals surface area (Å²) in [5.74, 6) is 1.87. The van der Waals surface area contributed by atoms with Crippen LogP contribution in [0.2, 0.25) is 5.02 Å². The van der Waals surface area contributed by atoms with Gasteiger partial charge in [-0.05, 0) is 62.4 Å². The number of piperidine rings is 1. The standard InChI is InChI=1S/C18H25ClN2O2.ClH/c19-15-3-5-17(6-4-15)23-12-9-18(22)21-10-7-16(8-11-21)20-13-14-1-2-14;/h3-6,14,16,20H,1-2,7-13H2;1H. The van der Waals surface area contributed by atoms with Gasteiger partial charge in [0.1, 0.15) is 5.75 Å². The van der Waals surface area contributed by atoms with Gasteiger partial charge in [-0.15, -0.1) is 12.4 Å². The molecule has 0 unspecified atom stereocenters. The van der Waals surface area contributed by atoms with E-state index in [1.54, 1.807) is 12.1 Å². The summed E-state index contributed by atoms with van der Waals surface area (Å²) in [6.07, 6.45) is 5.34. The lowest BCUT2D eigenvalue weighted by atomic mass is 10.0. The molecule has 134 valence electrons. The highest BCUT2D eigenvalue weighted by Crippen LogP contribution is 2.28. The molecule has 4 nitrogen and oxygen atoms in total. The average Bonchev–Trinajstić information content (AvgIpc) is 3.39. The first-order valence-corrected chi connectivity index (χ1v) is 8.98. The summed E-state index contributed by atoms with van der Waals surface area (Å²) in [5.41, 5.74) is 0. The topological polar surface area (TPSA) is 41.6 Å². The number of carbonyl (C=O) groups is 1. The van der Waals surface area contributed by atoms with Crippen molar-refractivity contribution >= 4 is 29.9 Å². The van der Waals surface area contributed by atoms with E-state index in [4.69, 9.17) is 16.3 Å². The van der Waals surface area contributed by atoms with E-state index < -0.39 is 0 Å². The normalized spacial score (nSPS) is 18.1. The van der Waals surface area contributed by atoms with Gasteiger partial charge in [-0.2, -0.15) is 0 Å². The van der Waals surface area contributed by atoms with Crippen LogP contribution in [0.1, 0.15) is 32.1 Å². The molecule has 2 fully saturated rings. The molecule has 1 N–H and O–H groups in total. The van der Waals surface area contributed by atoms with Crippen molar-refractivity contribution in [3.63, 3.8) is 0 Å². The highest BCUT2D eigenvalue weighted by atomic mass is 35.5. The molecule has 2 aliphatic rings. The maximum atomic E-state index is 12.2. The zero-order valence-corrected chi connectivity index (χ0v) is 15.5. The fourth-order valence-electron chi connectivity index (χ4n) is 2.93. The first kappa shape index (κ1) is 19.4. The third-order valence-electron chi connectivity index (χ3n) is 4.64. The monoisotopic (exact) mass is 372 g/mol. The van der Waals surface area contributed by atoms with Crippen molar-refractivity contribution in [2.45, 2.75) is 38.1 Å². The Bertz CT molecular complexity index is 512. The number of ether oxygens (including phenoxy) is 1. The second-order valence-electron chi connectivity index (χ2n) is 6.56. The summed E-state index contributed by atoms with van der Waals surface area (Å²) in [5, 5.41) is 4.33. The molecule has 0 atom stereocenters. The summed E-state index contributed by atoms with van der Waals surface area (Å²) >= 11 is 5.83. The van der Waals surface area contributed by atoms with Crippen LogP contribution >= 0.6 is 24.0 Å². The summed E-state index contributed by atoms with van der Waals surface area (Å²) in [4.78, 5) is 14.2. The Balaban J connectivity index is 0.00000208. The van der Waals surface area contributed by atoms with E-state index in [1.807, 2.05) is 17.0 Å². The van der Waals surface area contributed by atoms with Crippen LogP contribution in [0.4, 0.5) is 0 Å². The lowest BCUT2D eigenvalue weighted by Crippen LogP contribution is -2.45. The lowest BCUT2D eigenvalue weighted by molar-refractivity contribution is -0.132. The number of nitrogens with one attached hydrogen (secondary N) is 1. The Morgan fingerprint density at radius 3 is 2.46 bits per heavy atom. The predicted octanol–water partition coefficient (Wildman–Crippen LogP) is 3.52. The molecule has 1 saturated heterocycles. The summed E-state index contributed by atoms with van der Waals surface area (Å²) < 4.78 is 5.60. The van der Waals surface area contributed by atoms with Gasteiger partial charge in [0.25, 0.3) is 0 Å². The molecule has 6 heteroatoms. The lowest BCUT2D eigenvalue weighted by Gasteiger charge is -2.32. The number of halogens is 2. The van der Waals surface area contributed by atoms with Crippen LogP contribution in [0.25, 0.3) is 0 Å². The van der Waals surface area contributed by atoms with Gasteiger partial charge in [-0.25, -0.2) is 0 Å². The molecule has 1 aromatic rings. The van der Waals surface area contributed by atoms with Crippen molar-refractivity contribution in [2.75, 3.05) is 26.2 Å². The Kier molecular flexibility index (Phi) is 7.66. The molecule has 0 aromatic heterocycles. The van der Waals surface area contributed by atoms with Gasteiger partial charge in [0.05, 0.1) is 13.0 Å². The molecule has 1 aliphatic heterocycles. The minimum absolute atomic E-state index is 0. The van der Waals surface area contributed by atoms with E-state index >= 15 is 0 Å². The van der Waals surface area contributed by atoms with Gasteiger partial charge in [-0.3, -0.25) is 4.79 Å². The first-order valence-electron chi connectivity index (χ1n) is 8.60. The average molecular weight is 373 g/mol. The largest absolute Gasteiger partial charge is 0.493 e. The van der Waals surface area contributed by atoms with E-state index in [9.17, 15) is 4.79 Å². The SMILES string of the molecule is Cl.O=C(CCOc1ccc(Cl)cc1)N1CCC(NCC2CC2)CC1. The number of hydrogen-bond donors (Lipinski definition) is 1. The Morgan fingerprint density at radius 2 is 1.83 bits per heavy atom. The molecule has 24 heavy (non-hydrogen) atoms. The van der Waals surface area contributed by atoms with Gasteiger partial charge in [-0.1, -0.05) is 11.6 Å². The van der Waals surface area contributed by atoms with Crippen molar-refractivity contribution in [2.24, 2.45) is 5.92 Å². The molecule has 3 rings (SSSR count). The fraction of sp³-hybridized carbons (Fsp3) is 0.611. The maximum absolute atomic E-state index is 12.2. The van der Waals surface area contributed by atoms with Crippen molar-refractivity contribution in [3.05, 3.63) is 29.3 Å². The number of carbonyl (C=O) groups excluding carboxylic acids is 1. The zero-order chi connectivity index (χ0) is 16.1. The van der Waals surface area contributed by atoms with E-state index in [1.165, 1.54) is 12.8 Å². The van der Waals surface area contributed by atoms with E-state index in [0.717, 1.165) is 44.1 Å². The predicted molar refractivity (Wildman–Crippen MR) is 99.1 cm³/mol. The van der Waals surface area contributed by atoms with Crippen molar-refractivity contribution in [1.82, 2.24) is 10.2 Å². The number of amides is 1. The third-order valence-corrected chi connectivity index (χ3v) is 4.89. The second-order valence-corrected chi connectivity index (χ2v) is 7.00. The van der Waals surface area contributed by atoms with Crippen LogP contribution in [0.5, 0.6) is 5.75 Å². The van der Waals surface area contributed by atoms with Crippen molar-refractivity contribution < 1.29 is 9.53 Å². The molecule has 1 aliphatic carbocycles. The van der Waals surface area contributed by atoms with Crippen LogP contribution in [0.15, 0.2) is 24.3 Å². The molecule has 1 saturated carbocycles. The minimum atomic E-state index is 0. The quantitative estimate of drug-likeness (QED) is 0.795. The van der Waals surface area contributed by atoms with Crippen molar-refractivity contribution in [1.29, 1.82) is 0 Å². The number of benzene rings is 1. The summed E-state index contributed by atoms with van der Waals surface area (Å²) in [6.45, 7) is 3.30. The molecule has 0 bridgehead atoms. The molecular formula is C18H26Cl2N2O2. The summed E-state index contributed by atoms with van der Waals surface area (Å²) in [6, 6.07) is 7.81. The van der Waals surface area contributed by atoms with E-state index in [2.05, 4.69) is 5.32 Å². The van der Waals surface area contributed by atoms with Gasteiger partial charge >= 0.3 is 0 Å². The Morgan fingerprint density at radius 1 is 1.17 bits per heavy atom. The molecule has 1 amide bonds. The van der Waals surface area contributed by atoms with E-state index in [0.29, 0.717) is 24.1 Å². The zero-order valence-electron chi connectivity index (χ0n) is 13.9. The van der Waals surface area contributed by atoms with E-state index in [-0.39, 0.29) is 18.3 Å². The van der Waals surface area contributed by atoms with Crippen LogP contribution < -0.4 is 10.1 Å². The Hall–Kier alpha value is -0.970. The highest BCUT2D eigenvalue weighted by Gasteiger charge is 2.25. The third kappa shape index (κ3) is 6.15. The van der Waals surface area contributed by atoms with Crippen LogP contribution in [-0.4, -0.2) is 43.1 Å². The highest BCUT2D eigenvalue weighted by molar-refractivity contribution is 6.30. The first-order chi connectivity index (χ1) is 11.2. The number of rotatable bonds is 7. The molecule has 0 spiro atoms. The summed E-state index contributed by atoms with van der Waals surface area (Å²) in [7, 11) is 0. The Labute approximate surface area is 155 Å². The molecule has 1 aromatic carbocycles. The van der Waals surface area contributed by atoms with Gasteiger partial charge in [0.15, 0.2) is 0 Å². The minimum Gasteiger partial charge on any atom is -0.493 e. The van der Waals surface area contributed by atoms with Crippen molar-refractivity contribution in [3.8, 4) is 5.75 Å². The van der Waals surface area contributed by atoms with Gasteiger partial charge in [0, 0.05) is 24.2 Å². The van der Waals surface area contributed by atoms with Gasteiger partial charge < -0.3 is 15.0 Å². The number of likely N-dealkylation sites (tertiary alicyclic amines) is 1. The fourth-order valence-corrected chi connectivity index (χ4v) is 3.06. The van der Waals surface area contributed by atoms with Crippen LogP contribution in [-0.2, 0) is 4.79 Å². The smallest absolute Gasteiger partial charge is 0.225 e. The second kappa shape index (κ2) is 9.50. The maximum Gasteiger partial charge on any atom is 0.225 e. The molecule has 0 radical (unpaired) electrons. The van der Waals surface area contributed by atoms with Crippen LogP contribution in [0.3, 0.4) is 0 Å². The molecule has 1 heterocycles. The number of nitrogens with zero attached hydrogens (tertiary/aromatic N) is 1. The molecular weight excluding hydrogens is 347 g/mol. The van der Waals surface area contributed by atoms with Crippen LogP contribution in [0, 0.1) is 5.92 Å². The van der Waals surface area contributed by atoms with Gasteiger partial charge in [0.2, 0.25) is 5.91 Å².